The van der Waals surface area contributed by atoms with Gasteiger partial charge in [-0.2, -0.15) is 4.91 Å². The quantitative estimate of drug-likeness (QED) is 0.577. The highest BCUT2D eigenvalue weighted by Crippen LogP contribution is 2.21. The fraction of sp³-hybridized carbons (Fsp3) is 0.235. The van der Waals surface area contributed by atoms with Gasteiger partial charge >= 0.3 is 0 Å². The molecule has 2 aromatic rings. The Hall–Kier alpha value is -2.83. The van der Waals surface area contributed by atoms with E-state index in [-0.39, 0.29) is 12.5 Å². The predicted molar refractivity (Wildman–Crippen MR) is 97.8 cm³/mol. The van der Waals surface area contributed by atoms with Crippen LogP contribution in [0.4, 0.5) is 11.4 Å². The van der Waals surface area contributed by atoms with Crippen molar-refractivity contribution < 1.29 is 4.79 Å². The Morgan fingerprint density at radius 3 is 2.25 bits per heavy atom. The highest BCUT2D eigenvalue weighted by molar-refractivity contribution is 6.32. The molecule has 0 bridgehead atoms. The molecule has 0 aliphatic rings. The van der Waals surface area contributed by atoms with Crippen molar-refractivity contribution >= 4 is 30.6 Å². The number of anilines is 1. The topological polar surface area (TPSA) is 79.2 Å². The Morgan fingerprint density at radius 1 is 1.08 bits per heavy atom. The Labute approximate surface area is 141 Å². The highest BCUT2D eigenvalue weighted by atomic mass is 16.3. The van der Waals surface area contributed by atoms with Gasteiger partial charge in [-0.15, -0.1) is 4.91 Å². The molecule has 0 aliphatic heterocycles. The normalized spacial score (nSPS) is 11.5. The van der Waals surface area contributed by atoms with E-state index in [2.05, 4.69) is 10.4 Å². The summed E-state index contributed by atoms with van der Waals surface area (Å²) in [6.07, 6.45) is 0.448. The third-order valence-electron chi connectivity index (χ3n) is 3.92. The number of rotatable bonds is 7. The van der Waals surface area contributed by atoms with E-state index in [0.29, 0.717) is 17.8 Å². The molecule has 0 saturated carbocycles. The third kappa shape index (κ3) is 4.35. The Bertz CT molecular complexity index is 717. The van der Waals surface area contributed by atoms with Gasteiger partial charge in [-0.3, -0.25) is 4.79 Å². The average molecular weight is 323 g/mol. The molecule has 24 heavy (non-hydrogen) atoms. The molecule has 1 atom stereocenters. The van der Waals surface area contributed by atoms with Crippen LogP contribution in [0.1, 0.15) is 5.56 Å². The summed E-state index contributed by atoms with van der Waals surface area (Å²) < 4.78 is 0. The molecule has 0 heterocycles. The fourth-order valence-corrected chi connectivity index (χ4v) is 2.47. The van der Waals surface area contributed by atoms with Crippen LogP contribution in [0.2, 0.25) is 0 Å². The first kappa shape index (κ1) is 17.5. The molecule has 0 aliphatic carbocycles. The van der Waals surface area contributed by atoms with Gasteiger partial charge in [0.2, 0.25) is 5.91 Å². The number of benzene rings is 2. The molecule has 122 valence electrons. The van der Waals surface area contributed by atoms with Crippen LogP contribution in [0.25, 0.3) is 0 Å². The van der Waals surface area contributed by atoms with Gasteiger partial charge in [0.05, 0.1) is 12.5 Å². The van der Waals surface area contributed by atoms with Crippen molar-refractivity contribution in [2.45, 2.75) is 6.42 Å². The number of hydrogen-bond donors (Lipinski definition) is 0. The van der Waals surface area contributed by atoms with E-state index in [1.165, 1.54) is 4.90 Å². The van der Waals surface area contributed by atoms with Crippen LogP contribution in [0.15, 0.2) is 58.9 Å². The van der Waals surface area contributed by atoms with Gasteiger partial charge in [0.25, 0.3) is 0 Å². The zero-order chi connectivity index (χ0) is 17.5. The lowest BCUT2D eigenvalue weighted by molar-refractivity contribution is -0.121. The van der Waals surface area contributed by atoms with Crippen LogP contribution in [0, 0.1) is 15.7 Å². The second kappa shape index (κ2) is 8.15. The van der Waals surface area contributed by atoms with Crippen LogP contribution in [-0.4, -0.2) is 27.3 Å². The van der Waals surface area contributed by atoms with Crippen molar-refractivity contribution in [3.63, 3.8) is 0 Å². The SMILES string of the molecule is Bc1ccc(CC(CN=O)C(=O)N(C)c2ccc(N=O)cc2)cc1. The van der Waals surface area contributed by atoms with E-state index in [4.69, 9.17) is 0 Å². The van der Waals surface area contributed by atoms with E-state index >= 15 is 0 Å². The highest BCUT2D eigenvalue weighted by Gasteiger charge is 2.24. The predicted octanol–water partition coefficient (Wildman–Crippen LogP) is 1.93. The van der Waals surface area contributed by atoms with Gasteiger partial charge in [0.15, 0.2) is 0 Å². The number of nitroso groups, excluding NO2 is 2. The summed E-state index contributed by atoms with van der Waals surface area (Å²) in [5, 5.41) is 5.75. The minimum atomic E-state index is -0.529. The summed E-state index contributed by atoms with van der Waals surface area (Å²) in [4.78, 5) is 35.4. The van der Waals surface area contributed by atoms with Gasteiger partial charge < -0.3 is 4.90 Å². The van der Waals surface area contributed by atoms with Crippen LogP contribution >= 0.6 is 0 Å². The third-order valence-corrected chi connectivity index (χ3v) is 3.92. The van der Waals surface area contributed by atoms with Gasteiger partial charge in [0, 0.05) is 12.7 Å². The Morgan fingerprint density at radius 2 is 1.71 bits per heavy atom. The molecular formula is C17H18BN3O3. The Kier molecular flexibility index (Phi) is 5.95. The van der Waals surface area contributed by atoms with Crippen LogP contribution in [0.5, 0.6) is 0 Å². The van der Waals surface area contributed by atoms with E-state index in [9.17, 15) is 14.6 Å². The van der Waals surface area contributed by atoms with Crippen molar-refractivity contribution in [1.82, 2.24) is 0 Å². The molecule has 6 nitrogen and oxygen atoms in total. The first-order chi connectivity index (χ1) is 11.5. The summed E-state index contributed by atoms with van der Waals surface area (Å²) in [5.41, 5.74) is 3.05. The van der Waals surface area contributed by atoms with E-state index < -0.39 is 5.92 Å². The van der Waals surface area contributed by atoms with Crippen molar-refractivity contribution in [2.75, 3.05) is 18.5 Å². The zero-order valence-electron chi connectivity index (χ0n) is 13.7. The molecule has 0 fully saturated rings. The number of carbonyl (C=O) groups excluding carboxylic acids is 1. The van der Waals surface area contributed by atoms with Crippen LogP contribution < -0.4 is 10.4 Å². The summed E-state index contributed by atoms with van der Waals surface area (Å²) in [6.45, 7) is -0.0783. The molecule has 2 rings (SSSR count). The molecule has 2 aromatic carbocycles. The van der Waals surface area contributed by atoms with Gasteiger partial charge in [-0.1, -0.05) is 34.9 Å². The largest absolute Gasteiger partial charge is 0.315 e. The van der Waals surface area contributed by atoms with E-state index in [1.54, 1.807) is 31.3 Å². The van der Waals surface area contributed by atoms with Crippen molar-refractivity contribution in [1.29, 1.82) is 0 Å². The van der Waals surface area contributed by atoms with E-state index in [1.807, 2.05) is 32.1 Å². The molecule has 1 unspecified atom stereocenters. The van der Waals surface area contributed by atoms with Crippen LogP contribution in [0.3, 0.4) is 0 Å². The fourth-order valence-electron chi connectivity index (χ4n) is 2.47. The molecular weight excluding hydrogens is 305 g/mol. The maximum atomic E-state index is 12.7. The summed E-state index contributed by atoms with van der Waals surface area (Å²) >= 11 is 0. The molecule has 0 saturated heterocycles. The lowest BCUT2D eigenvalue weighted by atomic mass is 9.92. The number of amides is 1. The molecule has 0 spiro atoms. The minimum Gasteiger partial charge on any atom is -0.315 e. The number of carbonyl (C=O) groups is 1. The summed E-state index contributed by atoms with van der Waals surface area (Å²) in [6, 6.07) is 14.2. The smallest absolute Gasteiger partial charge is 0.232 e. The van der Waals surface area contributed by atoms with Crippen LogP contribution in [-0.2, 0) is 11.2 Å². The van der Waals surface area contributed by atoms with Crippen molar-refractivity contribution in [3.05, 3.63) is 63.9 Å². The first-order valence-electron chi connectivity index (χ1n) is 7.60. The van der Waals surface area contributed by atoms with Gasteiger partial charge in [-0.05, 0) is 41.4 Å². The zero-order valence-corrected chi connectivity index (χ0v) is 13.7. The molecule has 1 amide bonds. The monoisotopic (exact) mass is 323 g/mol. The van der Waals surface area contributed by atoms with Crippen molar-refractivity contribution in [2.24, 2.45) is 16.3 Å². The van der Waals surface area contributed by atoms with E-state index in [0.717, 1.165) is 11.0 Å². The Balaban J connectivity index is 2.15. The number of hydrogen-bond acceptors (Lipinski definition) is 5. The molecule has 0 aromatic heterocycles. The average Bonchev–Trinajstić information content (AvgIpc) is 2.62. The van der Waals surface area contributed by atoms with Crippen molar-refractivity contribution in [3.8, 4) is 0 Å². The molecule has 7 heteroatoms. The lowest BCUT2D eigenvalue weighted by Crippen LogP contribution is -2.35. The second-order valence-corrected chi connectivity index (χ2v) is 5.70. The molecule has 0 N–H and O–H groups in total. The van der Waals surface area contributed by atoms with Gasteiger partial charge in [0.1, 0.15) is 13.5 Å². The number of nitrogens with zero attached hydrogens (tertiary/aromatic N) is 3. The maximum Gasteiger partial charge on any atom is 0.232 e. The lowest BCUT2D eigenvalue weighted by Gasteiger charge is -2.22. The minimum absolute atomic E-state index is 0.0783. The molecule has 0 radical (unpaired) electrons. The standard InChI is InChI=1S/C17H18BN3O3/c1-21(16-8-6-15(20-24)7-9-16)17(22)13(11-19-23)10-12-2-4-14(18)5-3-12/h2-9,13H,10-11,18H2,1H3. The summed E-state index contributed by atoms with van der Waals surface area (Å²) in [7, 11) is 3.63. The second-order valence-electron chi connectivity index (χ2n) is 5.70. The summed E-state index contributed by atoms with van der Waals surface area (Å²) in [5.74, 6) is -0.721. The van der Waals surface area contributed by atoms with Gasteiger partial charge in [-0.25, -0.2) is 0 Å². The first-order valence-corrected chi connectivity index (χ1v) is 7.60. The maximum absolute atomic E-state index is 12.7.